The molecule has 5 rings (SSSR count). The highest BCUT2D eigenvalue weighted by Gasteiger charge is 2.44. The van der Waals surface area contributed by atoms with Gasteiger partial charge >= 0.3 is 0 Å². The van der Waals surface area contributed by atoms with Gasteiger partial charge < -0.3 is 19.3 Å². The first-order chi connectivity index (χ1) is 16.0. The van der Waals surface area contributed by atoms with Crippen molar-refractivity contribution in [1.29, 1.82) is 0 Å². The van der Waals surface area contributed by atoms with Crippen molar-refractivity contribution in [3.8, 4) is 11.4 Å². The normalized spacial score (nSPS) is 22.6. The molecule has 1 saturated heterocycles. The third kappa shape index (κ3) is 4.15. The van der Waals surface area contributed by atoms with Crippen LogP contribution in [0.2, 0.25) is 0 Å². The minimum absolute atomic E-state index is 0.148. The number of aryl methyl sites for hydroxylation is 2. The van der Waals surface area contributed by atoms with Crippen molar-refractivity contribution in [1.82, 2.24) is 25.5 Å². The first-order valence-electron chi connectivity index (χ1n) is 11.4. The molecule has 9 heteroatoms. The summed E-state index contributed by atoms with van der Waals surface area (Å²) in [4.78, 5) is 32.8. The highest BCUT2D eigenvalue weighted by atomic mass is 16.5. The zero-order chi connectivity index (χ0) is 22.9. The van der Waals surface area contributed by atoms with Gasteiger partial charge in [0.1, 0.15) is 11.3 Å². The van der Waals surface area contributed by atoms with Crippen LogP contribution in [0.15, 0.2) is 39.4 Å². The second-order valence-electron chi connectivity index (χ2n) is 8.91. The van der Waals surface area contributed by atoms with Crippen LogP contribution in [0.1, 0.15) is 59.3 Å². The van der Waals surface area contributed by atoms with Crippen LogP contribution in [-0.4, -0.2) is 51.1 Å². The molecule has 9 nitrogen and oxygen atoms in total. The van der Waals surface area contributed by atoms with E-state index in [9.17, 15) is 9.59 Å². The molecule has 1 saturated carbocycles. The Morgan fingerprint density at radius 2 is 1.79 bits per heavy atom. The van der Waals surface area contributed by atoms with Crippen LogP contribution in [0.3, 0.4) is 0 Å². The summed E-state index contributed by atoms with van der Waals surface area (Å²) in [5, 5.41) is 11.1. The maximum atomic E-state index is 13.1. The maximum absolute atomic E-state index is 13.1. The summed E-state index contributed by atoms with van der Waals surface area (Å²) in [6, 6.07) is 9.28. The molecule has 0 bridgehead atoms. The number of rotatable bonds is 5. The molecule has 0 spiro atoms. The number of aromatic nitrogens is 3. The van der Waals surface area contributed by atoms with Gasteiger partial charge in [0.15, 0.2) is 0 Å². The van der Waals surface area contributed by atoms with Crippen LogP contribution in [0.5, 0.6) is 0 Å². The van der Waals surface area contributed by atoms with Crippen LogP contribution < -0.4 is 5.32 Å². The number of carbonyl (C=O) groups excluding carboxylic acids is 2. The van der Waals surface area contributed by atoms with E-state index in [0.717, 1.165) is 31.5 Å². The average molecular weight is 450 g/mol. The highest BCUT2D eigenvalue weighted by Crippen LogP contribution is 2.40. The lowest BCUT2D eigenvalue weighted by atomic mass is 10.0. The number of hydrogen-bond donors (Lipinski definition) is 1. The summed E-state index contributed by atoms with van der Waals surface area (Å²) in [6.07, 6.45) is 3.16. The number of amides is 2. The Kier molecular flexibility index (Phi) is 5.70. The van der Waals surface area contributed by atoms with E-state index in [2.05, 4.69) is 20.6 Å². The molecule has 1 aliphatic carbocycles. The SMILES string of the molecule is Cc1noc(C)c1C(=O)N[C@H]1C[C@H](C(=O)N2CCCC2)C[C@H]1c1nc(-c2ccccc2)no1. The predicted molar refractivity (Wildman–Crippen MR) is 118 cm³/mol. The Labute approximate surface area is 191 Å². The molecule has 2 aromatic heterocycles. The number of carbonyl (C=O) groups is 2. The number of hydrogen-bond acceptors (Lipinski definition) is 7. The molecule has 2 fully saturated rings. The van der Waals surface area contributed by atoms with E-state index in [0.29, 0.717) is 41.6 Å². The van der Waals surface area contributed by atoms with Crippen LogP contribution in [0.4, 0.5) is 0 Å². The standard InChI is InChI=1S/C24H27N5O4/c1-14-20(15(2)32-27-14)22(30)25-19-13-17(24(31)29-10-6-7-11-29)12-18(19)23-26-21(28-33-23)16-8-4-3-5-9-16/h3-5,8-9,17-19H,6-7,10-13H2,1-2H3,(H,25,30)/t17-,18-,19+/m1/s1. The van der Waals surface area contributed by atoms with Gasteiger partial charge in [-0.3, -0.25) is 9.59 Å². The first kappa shape index (κ1) is 21.4. The third-order valence-electron chi connectivity index (χ3n) is 6.70. The molecule has 3 atom stereocenters. The quantitative estimate of drug-likeness (QED) is 0.636. The number of benzene rings is 1. The fraction of sp³-hybridized carbons (Fsp3) is 0.458. The summed E-state index contributed by atoms with van der Waals surface area (Å²) in [5.74, 6) is 0.831. The van der Waals surface area contributed by atoms with E-state index in [4.69, 9.17) is 9.05 Å². The van der Waals surface area contributed by atoms with Gasteiger partial charge in [-0.1, -0.05) is 40.6 Å². The topological polar surface area (TPSA) is 114 Å². The molecular weight excluding hydrogens is 422 g/mol. The van der Waals surface area contributed by atoms with Crippen molar-refractivity contribution in [2.45, 2.75) is 51.5 Å². The van der Waals surface area contributed by atoms with E-state index in [1.165, 1.54) is 0 Å². The zero-order valence-corrected chi connectivity index (χ0v) is 18.8. The Bertz CT molecular complexity index is 1130. The smallest absolute Gasteiger partial charge is 0.257 e. The van der Waals surface area contributed by atoms with Crippen LogP contribution in [0, 0.1) is 19.8 Å². The van der Waals surface area contributed by atoms with Crippen molar-refractivity contribution in [2.24, 2.45) is 5.92 Å². The maximum Gasteiger partial charge on any atom is 0.257 e. The van der Waals surface area contributed by atoms with Crippen LogP contribution in [-0.2, 0) is 4.79 Å². The fourth-order valence-electron chi connectivity index (χ4n) is 5.01. The van der Waals surface area contributed by atoms with Gasteiger partial charge in [-0.15, -0.1) is 0 Å². The summed E-state index contributed by atoms with van der Waals surface area (Å²) in [5.41, 5.74) is 1.82. The van der Waals surface area contributed by atoms with Gasteiger partial charge in [0.2, 0.25) is 17.6 Å². The van der Waals surface area contributed by atoms with Crippen LogP contribution in [0.25, 0.3) is 11.4 Å². The van der Waals surface area contributed by atoms with E-state index in [1.54, 1.807) is 13.8 Å². The Balaban J connectivity index is 1.41. The van der Waals surface area contributed by atoms with Gasteiger partial charge in [0, 0.05) is 30.6 Å². The molecule has 1 aliphatic heterocycles. The van der Waals surface area contributed by atoms with Gasteiger partial charge in [0.25, 0.3) is 5.91 Å². The third-order valence-corrected chi connectivity index (χ3v) is 6.70. The summed E-state index contributed by atoms with van der Waals surface area (Å²) >= 11 is 0. The minimum Gasteiger partial charge on any atom is -0.361 e. The Hall–Kier alpha value is -3.49. The molecule has 1 aromatic carbocycles. The lowest BCUT2D eigenvalue weighted by molar-refractivity contribution is -0.134. The van der Waals surface area contributed by atoms with Crippen molar-refractivity contribution < 1.29 is 18.6 Å². The molecule has 1 N–H and O–H groups in total. The van der Waals surface area contributed by atoms with E-state index < -0.39 is 0 Å². The molecule has 2 aliphatic rings. The molecule has 172 valence electrons. The zero-order valence-electron chi connectivity index (χ0n) is 18.8. The van der Waals surface area contributed by atoms with Crippen molar-refractivity contribution >= 4 is 11.8 Å². The highest BCUT2D eigenvalue weighted by molar-refractivity contribution is 5.96. The van der Waals surface area contributed by atoms with Gasteiger partial charge in [0.05, 0.1) is 11.6 Å². The Morgan fingerprint density at radius 3 is 2.48 bits per heavy atom. The molecule has 3 aromatic rings. The van der Waals surface area contributed by atoms with Gasteiger partial charge in [-0.05, 0) is 39.5 Å². The summed E-state index contributed by atoms with van der Waals surface area (Å²) in [7, 11) is 0. The van der Waals surface area contributed by atoms with Crippen LogP contribution >= 0.6 is 0 Å². The largest absolute Gasteiger partial charge is 0.361 e. The second-order valence-corrected chi connectivity index (χ2v) is 8.91. The minimum atomic E-state index is -0.313. The van der Waals surface area contributed by atoms with Gasteiger partial charge in [-0.25, -0.2) is 0 Å². The van der Waals surface area contributed by atoms with Crippen molar-refractivity contribution in [3.05, 3.63) is 53.2 Å². The fourth-order valence-corrected chi connectivity index (χ4v) is 5.01. The second kappa shape index (κ2) is 8.80. The lowest BCUT2D eigenvalue weighted by Gasteiger charge is -2.20. The summed E-state index contributed by atoms with van der Waals surface area (Å²) in [6.45, 7) is 5.05. The average Bonchev–Trinajstić information content (AvgIpc) is 3.61. The lowest BCUT2D eigenvalue weighted by Crippen LogP contribution is -2.38. The first-order valence-corrected chi connectivity index (χ1v) is 11.4. The molecule has 0 radical (unpaired) electrons. The van der Waals surface area contributed by atoms with E-state index in [1.807, 2.05) is 35.2 Å². The monoisotopic (exact) mass is 449 g/mol. The number of nitrogens with zero attached hydrogens (tertiary/aromatic N) is 4. The predicted octanol–water partition coefficient (Wildman–Crippen LogP) is 3.26. The molecule has 33 heavy (non-hydrogen) atoms. The summed E-state index contributed by atoms with van der Waals surface area (Å²) < 4.78 is 10.8. The van der Waals surface area contributed by atoms with Crippen molar-refractivity contribution in [3.63, 3.8) is 0 Å². The van der Waals surface area contributed by atoms with Crippen molar-refractivity contribution in [2.75, 3.05) is 13.1 Å². The van der Waals surface area contributed by atoms with Gasteiger partial charge in [-0.2, -0.15) is 4.98 Å². The molecule has 2 amide bonds. The Morgan fingerprint density at radius 1 is 1.03 bits per heavy atom. The molecule has 0 unspecified atom stereocenters. The molecule has 3 heterocycles. The number of likely N-dealkylation sites (tertiary alicyclic amines) is 1. The van der Waals surface area contributed by atoms with E-state index >= 15 is 0 Å². The van der Waals surface area contributed by atoms with E-state index in [-0.39, 0.29) is 29.7 Å². The molecular formula is C24H27N5O4. The number of nitrogens with one attached hydrogen (secondary N) is 1.